The van der Waals surface area contributed by atoms with E-state index in [2.05, 4.69) is 5.32 Å². The Morgan fingerprint density at radius 3 is 2.52 bits per heavy atom. The van der Waals surface area contributed by atoms with Gasteiger partial charge in [0.25, 0.3) is 0 Å². The Kier molecular flexibility index (Phi) is 4.94. The average molecular weight is 318 g/mol. The van der Waals surface area contributed by atoms with E-state index < -0.39 is 5.82 Å². The number of nitrogens with one attached hydrogen (secondary N) is 1. The van der Waals surface area contributed by atoms with Crippen molar-refractivity contribution < 1.29 is 14.0 Å². The third-order valence-corrected chi connectivity index (χ3v) is 4.84. The number of rotatable bonds is 3. The highest BCUT2D eigenvalue weighted by atomic mass is 19.1. The molecule has 0 aromatic heterocycles. The molecule has 1 N–H and O–H groups in total. The maximum Gasteiger partial charge on any atom is 0.227 e. The molecule has 5 heteroatoms. The molecule has 1 aliphatic heterocycles. The lowest BCUT2D eigenvalue weighted by Gasteiger charge is -2.20. The zero-order valence-corrected chi connectivity index (χ0v) is 13.3. The number of hydrogen-bond acceptors (Lipinski definition) is 2. The van der Waals surface area contributed by atoms with Gasteiger partial charge in [-0.25, -0.2) is 4.39 Å². The van der Waals surface area contributed by atoms with Gasteiger partial charge < -0.3 is 10.2 Å². The van der Waals surface area contributed by atoms with Crippen LogP contribution in [0.1, 0.15) is 44.9 Å². The van der Waals surface area contributed by atoms with Crippen molar-refractivity contribution in [3.05, 3.63) is 30.1 Å². The molecule has 1 heterocycles. The number of carbonyl (C=O) groups excluding carboxylic acids is 2. The topological polar surface area (TPSA) is 49.4 Å². The molecule has 1 atom stereocenters. The SMILES string of the molecule is O=C(NC1CCCCCC1)[C@H]1CC(=O)N(c2ccccc2F)C1. The minimum absolute atomic E-state index is 0.0657. The van der Waals surface area contributed by atoms with Crippen LogP contribution in [0.2, 0.25) is 0 Å². The largest absolute Gasteiger partial charge is 0.353 e. The second-order valence-electron chi connectivity index (χ2n) is 6.55. The molecule has 23 heavy (non-hydrogen) atoms. The lowest BCUT2D eigenvalue weighted by Crippen LogP contribution is -2.39. The molecule has 4 nitrogen and oxygen atoms in total. The van der Waals surface area contributed by atoms with Crippen molar-refractivity contribution >= 4 is 17.5 Å². The molecule has 2 aliphatic rings. The highest BCUT2D eigenvalue weighted by molar-refractivity contribution is 6.00. The minimum Gasteiger partial charge on any atom is -0.353 e. The van der Waals surface area contributed by atoms with E-state index in [1.807, 2.05) is 0 Å². The van der Waals surface area contributed by atoms with Gasteiger partial charge in [-0.05, 0) is 25.0 Å². The summed E-state index contributed by atoms with van der Waals surface area (Å²) in [4.78, 5) is 26.0. The van der Waals surface area contributed by atoms with E-state index in [4.69, 9.17) is 0 Å². The third kappa shape index (κ3) is 3.71. The van der Waals surface area contributed by atoms with Crippen molar-refractivity contribution in [2.24, 2.45) is 5.92 Å². The van der Waals surface area contributed by atoms with E-state index in [1.54, 1.807) is 18.2 Å². The van der Waals surface area contributed by atoms with Crippen LogP contribution in [0.5, 0.6) is 0 Å². The summed E-state index contributed by atoms with van der Waals surface area (Å²) in [6.45, 7) is 0.262. The summed E-state index contributed by atoms with van der Waals surface area (Å²) >= 11 is 0. The molecule has 0 bridgehead atoms. The van der Waals surface area contributed by atoms with Crippen LogP contribution in [0.3, 0.4) is 0 Å². The summed E-state index contributed by atoms with van der Waals surface area (Å²) < 4.78 is 13.9. The van der Waals surface area contributed by atoms with E-state index in [0.29, 0.717) is 0 Å². The second-order valence-corrected chi connectivity index (χ2v) is 6.55. The van der Waals surface area contributed by atoms with Gasteiger partial charge in [-0.15, -0.1) is 0 Å². The maximum absolute atomic E-state index is 13.9. The minimum atomic E-state index is -0.425. The molecule has 0 unspecified atom stereocenters. The van der Waals surface area contributed by atoms with Gasteiger partial charge in [0, 0.05) is 19.0 Å². The van der Waals surface area contributed by atoms with Crippen LogP contribution in [0.4, 0.5) is 10.1 Å². The van der Waals surface area contributed by atoms with Crippen molar-refractivity contribution in [1.82, 2.24) is 5.32 Å². The monoisotopic (exact) mass is 318 g/mol. The molecule has 1 aromatic rings. The van der Waals surface area contributed by atoms with E-state index in [9.17, 15) is 14.0 Å². The first-order valence-corrected chi connectivity index (χ1v) is 8.50. The van der Waals surface area contributed by atoms with Crippen molar-refractivity contribution in [2.75, 3.05) is 11.4 Å². The van der Waals surface area contributed by atoms with Gasteiger partial charge in [0.1, 0.15) is 5.82 Å². The van der Waals surface area contributed by atoms with Crippen LogP contribution >= 0.6 is 0 Å². The molecule has 2 amide bonds. The van der Waals surface area contributed by atoms with Crippen molar-refractivity contribution in [1.29, 1.82) is 0 Å². The summed E-state index contributed by atoms with van der Waals surface area (Å²) in [7, 11) is 0. The van der Waals surface area contributed by atoms with Gasteiger partial charge in [0.05, 0.1) is 11.6 Å². The highest BCUT2D eigenvalue weighted by Gasteiger charge is 2.36. The summed E-state index contributed by atoms with van der Waals surface area (Å²) in [6.07, 6.45) is 6.95. The van der Waals surface area contributed by atoms with E-state index >= 15 is 0 Å². The number of benzene rings is 1. The summed E-state index contributed by atoms with van der Waals surface area (Å²) in [5, 5.41) is 3.10. The molecular formula is C18H23FN2O2. The smallest absolute Gasteiger partial charge is 0.227 e. The molecular weight excluding hydrogens is 295 g/mol. The molecule has 0 radical (unpaired) electrons. The van der Waals surface area contributed by atoms with Crippen LogP contribution in [0, 0.1) is 11.7 Å². The van der Waals surface area contributed by atoms with Gasteiger partial charge >= 0.3 is 0 Å². The van der Waals surface area contributed by atoms with Crippen LogP contribution in [0.15, 0.2) is 24.3 Å². The predicted octanol–water partition coefficient (Wildman–Crippen LogP) is 3.02. The highest BCUT2D eigenvalue weighted by Crippen LogP contribution is 2.27. The van der Waals surface area contributed by atoms with Gasteiger partial charge in [0.15, 0.2) is 0 Å². The average Bonchev–Trinajstić information content (AvgIpc) is 2.75. The number of para-hydroxylation sites is 1. The fourth-order valence-corrected chi connectivity index (χ4v) is 3.53. The molecule has 3 rings (SSSR count). The van der Waals surface area contributed by atoms with Crippen LogP contribution < -0.4 is 10.2 Å². The number of halogens is 1. The van der Waals surface area contributed by atoms with Crippen molar-refractivity contribution in [3.8, 4) is 0 Å². The first-order chi connectivity index (χ1) is 11.1. The Morgan fingerprint density at radius 1 is 1.13 bits per heavy atom. The summed E-state index contributed by atoms with van der Waals surface area (Å²) in [6, 6.07) is 6.43. The van der Waals surface area contributed by atoms with Crippen molar-refractivity contribution in [3.63, 3.8) is 0 Å². The second kappa shape index (κ2) is 7.11. The normalized spacial score (nSPS) is 22.9. The number of amides is 2. The fraction of sp³-hybridized carbons (Fsp3) is 0.556. The van der Waals surface area contributed by atoms with Crippen LogP contribution in [0.25, 0.3) is 0 Å². The van der Waals surface area contributed by atoms with Gasteiger partial charge in [-0.2, -0.15) is 0 Å². The molecule has 1 saturated carbocycles. The molecule has 0 spiro atoms. The van der Waals surface area contributed by atoms with E-state index in [0.717, 1.165) is 25.7 Å². The predicted molar refractivity (Wildman–Crippen MR) is 86.5 cm³/mol. The Balaban J connectivity index is 1.62. The first-order valence-electron chi connectivity index (χ1n) is 8.50. The first kappa shape index (κ1) is 16.0. The molecule has 1 aliphatic carbocycles. The zero-order chi connectivity index (χ0) is 16.2. The van der Waals surface area contributed by atoms with Gasteiger partial charge in [-0.3, -0.25) is 9.59 Å². The quantitative estimate of drug-likeness (QED) is 0.871. The molecule has 2 fully saturated rings. The summed E-state index contributed by atoms with van der Waals surface area (Å²) in [5.74, 6) is -1.06. The zero-order valence-electron chi connectivity index (χ0n) is 13.3. The van der Waals surface area contributed by atoms with E-state index in [1.165, 1.54) is 23.8 Å². The molecule has 124 valence electrons. The van der Waals surface area contributed by atoms with Crippen LogP contribution in [-0.4, -0.2) is 24.4 Å². The number of anilines is 1. The summed E-state index contributed by atoms with van der Waals surface area (Å²) in [5.41, 5.74) is 0.266. The maximum atomic E-state index is 13.9. The Hall–Kier alpha value is -1.91. The number of nitrogens with zero attached hydrogens (tertiary/aromatic N) is 1. The van der Waals surface area contributed by atoms with Gasteiger partial charge in [0.2, 0.25) is 11.8 Å². The standard InChI is InChI=1S/C18H23FN2O2/c19-15-9-5-6-10-16(15)21-12-13(11-17(21)22)18(23)20-14-7-3-1-2-4-8-14/h5-6,9-10,13-14H,1-4,7-8,11-12H2,(H,20,23)/t13-/m0/s1. The van der Waals surface area contributed by atoms with Crippen molar-refractivity contribution in [2.45, 2.75) is 51.0 Å². The lowest BCUT2D eigenvalue weighted by molar-refractivity contribution is -0.127. The molecule has 1 saturated heterocycles. The fourth-order valence-electron chi connectivity index (χ4n) is 3.53. The third-order valence-electron chi connectivity index (χ3n) is 4.84. The Labute approximate surface area is 136 Å². The lowest BCUT2D eigenvalue weighted by atomic mass is 10.0. The van der Waals surface area contributed by atoms with Crippen LogP contribution in [-0.2, 0) is 9.59 Å². The molecule has 1 aromatic carbocycles. The van der Waals surface area contributed by atoms with E-state index in [-0.39, 0.29) is 42.4 Å². The number of carbonyl (C=O) groups is 2. The Morgan fingerprint density at radius 2 is 1.83 bits per heavy atom. The number of hydrogen-bond donors (Lipinski definition) is 1. The Bertz CT molecular complexity index is 582. The van der Waals surface area contributed by atoms with Gasteiger partial charge in [-0.1, -0.05) is 37.8 Å².